The van der Waals surface area contributed by atoms with E-state index in [9.17, 15) is 0 Å². The minimum atomic E-state index is -0.266. The molecule has 0 spiro atoms. The molecule has 2 heterocycles. The Labute approximate surface area is 141 Å². The summed E-state index contributed by atoms with van der Waals surface area (Å²) in [5.74, 6) is 1.19. The number of benzene rings is 3. The minimum absolute atomic E-state index is 0.266. The van der Waals surface area contributed by atoms with Gasteiger partial charge < -0.3 is 4.74 Å². The van der Waals surface area contributed by atoms with Gasteiger partial charge in [-0.15, -0.1) is 0 Å². The van der Waals surface area contributed by atoms with Crippen LogP contribution in [-0.4, -0.2) is 0 Å². The van der Waals surface area contributed by atoms with E-state index < -0.39 is 0 Å². The van der Waals surface area contributed by atoms with E-state index in [1.807, 2.05) is 0 Å². The van der Waals surface area contributed by atoms with Gasteiger partial charge in [-0.2, -0.15) is 0 Å². The molecule has 1 aliphatic carbocycles. The standard InChI is InChI=1S/C23H18O/c1-3-9-16(10-4-1)22-18-13-7-8-14-19(18)23(24-22,21-15-20(21)22)17-11-5-2-6-12-17/h1-14,20-21H,15H2/t20-,21+,22+,23-. The summed E-state index contributed by atoms with van der Waals surface area (Å²) in [6, 6.07) is 30.5. The molecule has 0 N–H and O–H groups in total. The Bertz CT molecular complexity index is 856. The first-order valence-electron chi connectivity index (χ1n) is 8.78. The summed E-state index contributed by atoms with van der Waals surface area (Å²) in [4.78, 5) is 0. The number of rotatable bonds is 2. The van der Waals surface area contributed by atoms with Crippen molar-refractivity contribution in [1.82, 2.24) is 0 Å². The van der Waals surface area contributed by atoms with E-state index in [1.54, 1.807) is 0 Å². The van der Waals surface area contributed by atoms with Crippen LogP contribution >= 0.6 is 0 Å². The summed E-state index contributed by atoms with van der Waals surface area (Å²) in [7, 11) is 0. The van der Waals surface area contributed by atoms with Crippen molar-refractivity contribution in [2.75, 3.05) is 0 Å². The van der Waals surface area contributed by atoms with Crippen LogP contribution in [0.1, 0.15) is 28.7 Å². The number of fused-ring (bicyclic) bond motifs is 8. The molecule has 3 aliphatic rings. The third-order valence-corrected chi connectivity index (χ3v) is 6.29. The highest BCUT2D eigenvalue weighted by Crippen LogP contribution is 2.77. The van der Waals surface area contributed by atoms with Gasteiger partial charge in [0.2, 0.25) is 0 Å². The van der Waals surface area contributed by atoms with Crippen LogP contribution < -0.4 is 0 Å². The predicted octanol–water partition coefficient (Wildman–Crippen LogP) is 4.85. The molecule has 0 amide bonds. The first-order chi connectivity index (χ1) is 11.9. The SMILES string of the molecule is c1ccc([C@]23O[C@](c4ccccc4)(c4ccccc42)[C@H]2C[C@H]23)cc1. The Morgan fingerprint density at radius 2 is 1.00 bits per heavy atom. The second-order valence-corrected chi connectivity index (χ2v) is 7.30. The fourth-order valence-electron chi connectivity index (χ4n) is 5.37. The first-order valence-corrected chi connectivity index (χ1v) is 8.78. The molecule has 4 atom stereocenters. The smallest absolute Gasteiger partial charge is 0.123 e. The van der Waals surface area contributed by atoms with Gasteiger partial charge in [-0.05, 0) is 28.7 Å². The second kappa shape index (κ2) is 4.17. The van der Waals surface area contributed by atoms with Crippen molar-refractivity contribution < 1.29 is 4.74 Å². The monoisotopic (exact) mass is 310 g/mol. The maximum absolute atomic E-state index is 7.05. The van der Waals surface area contributed by atoms with Gasteiger partial charge in [0.15, 0.2) is 0 Å². The van der Waals surface area contributed by atoms with E-state index in [-0.39, 0.29) is 11.2 Å². The first kappa shape index (κ1) is 13.0. The lowest BCUT2D eigenvalue weighted by molar-refractivity contribution is -0.0715. The summed E-state index contributed by atoms with van der Waals surface area (Å²) in [6.07, 6.45) is 1.25. The van der Waals surface area contributed by atoms with Crippen LogP contribution in [0.15, 0.2) is 84.9 Å². The largest absolute Gasteiger partial charge is 0.349 e. The molecule has 1 saturated heterocycles. The molecule has 2 bridgehead atoms. The lowest BCUT2D eigenvalue weighted by atomic mass is 9.72. The maximum atomic E-state index is 7.05. The van der Waals surface area contributed by atoms with Crippen molar-refractivity contribution in [3.63, 3.8) is 0 Å². The van der Waals surface area contributed by atoms with Crippen molar-refractivity contribution in [3.05, 3.63) is 107 Å². The zero-order valence-electron chi connectivity index (χ0n) is 13.4. The van der Waals surface area contributed by atoms with Gasteiger partial charge in [0.1, 0.15) is 11.2 Å². The van der Waals surface area contributed by atoms with Crippen molar-refractivity contribution in [2.24, 2.45) is 11.8 Å². The molecule has 1 saturated carbocycles. The Morgan fingerprint density at radius 3 is 1.46 bits per heavy atom. The van der Waals surface area contributed by atoms with Gasteiger partial charge in [0, 0.05) is 11.8 Å². The van der Waals surface area contributed by atoms with E-state index in [0.29, 0.717) is 11.8 Å². The molecular weight excluding hydrogens is 292 g/mol. The van der Waals surface area contributed by atoms with Gasteiger partial charge >= 0.3 is 0 Å². The Balaban J connectivity index is 1.68. The van der Waals surface area contributed by atoms with Gasteiger partial charge in [-0.1, -0.05) is 84.9 Å². The highest BCUT2D eigenvalue weighted by atomic mass is 16.5. The van der Waals surface area contributed by atoms with Crippen LogP contribution in [0.2, 0.25) is 0 Å². The highest BCUT2D eigenvalue weighted by Gasteiger charge is 2.77. The van der Waals surface area contributed by atoms with Crippen LogP contribution in [0, 0.1) is 11.8 Å². The van der Waals surface area contributed by atoms with Gasteiger partial charge in [0.05, 0.1) is 0 Å². The van der Waals surface area contributed by atoms with E-state index in [1.165, 1.54) is 28.7 Å². The van der Waals surface area contributed by atoms with Crippen LogP contribution in [0.4, 0.5) is 0 Å². The van der Waals surface area contributed by atoms with Crippen molar-refractivity contribution in [2.45, 2.75) is 17.6 Å². The lowest BCUT2D eigenvalue weighted by Crippen LogP contribution is -2.29. The molecule has 116 valence electrons. The zero-order valence-corrected chi connectivity index (χ0v) is 13.4. The molecule has 0 radical (unpaired) electrons. The fraction of sp³-hybridized carbons (Fsp3) is 0.217. The Morgan fingerprint density at radius 1 is 0.583 bits per heavy atom. The van der Waals surface area contributed by atoms with Crippen LogP contribution in [0.25, 0.3) is 0 Å². The average molecular weight is 310 g/mol. The second-order valence-electron chi connectivity index (χ2n) is 7.30. The predicted molar refractivity (Wildman–Crippen MR) is 93.6 cm³/mol. The Kier molecular flexibility index (Phi) is 2.25. The van der Waals surface area contributed by atoms with Crippen molar-refractivity contribution in [1.29, 1.82) is 0 Å². The summed E-state index contributed by atoms with van der Waals surface area (Å²) >= 11 is 0. The van der Waals surface area contributed by atoms with E-state index in [4.69, 9.17) is 4.74 Å². The molecule has 3 aromatic rings. The summed E-state index contributed by atoms with van der Waals surface area (Å²) in [6.45, 7) is 0. The van der Waals surface area contributed by atoms with Crippen LogP contribution in [0.5, 0.6) is 0 Å². The normalized spacial score (nSPS) is 34.7. The van der Waals surface area contributed by atoms with Crippen molar-refractivity contribution in [3.8, 4) is 0 Å². The van der Waals surface area contributed by atoms with Crippen LogP contribution in [0.3, 0.4) is 0 Å². The molecule has 6 rings (SSSR count). The molecule has 1 heteroatoms. The summed E-state index contributed by atoms with van der Waals surface area (Å²) in [5.41, 5.74) is 4.83. The molecule has 3 aromatic carbocycles. The van der Waals surface area contributed by atoms with Gasteiger partial charge in [0.25, 0.3) is 0 Å². The summed E-state index contributed by atoms with van der Waals surface area (Å²) < 4.78 is 7.05. The quantitative estimate of drug-likeness (QED) is 0.657. The zero-order chi connectivity index (χ0) is 15.8. The highest BCUT2D eigenvalue weighted by molar-refractivity contribution is 5.59. The van der Waals surface area contributed by atoms with E-state index in [2.05, 4.69) is 84.9 Å². The number of hydrogen-bond donors (Lipinski definition) is 0. The molecule has 0 aromatic heterocycles. The lowest BCUT2D eigenvalue weighted by Gasteiger charge is -2.30. The van der Waals surface area contributed by atoms with Gasteiger partial charge in [-0.3, -0.25) is 0 Å². The molecule has 1 nitrogen and oxygen atoms in total. The van der Waals surface area contributed by atoms with E-state index in [0.717, 1.165) is 0 Å². The third-order valence-electron chi connectivity index (χ3n) is 6.29. The molecule has 2 aliphatic heterocycles. The summed E-state index contributed by atoms with van der Waals surface area (Å²) in [5, 5.41) is 0. The molecule has 0 unspecified atom stereocenters. The fourth-order valence-corrected chi connectivity index (χ4v) is 5.37. The van der Waals surface area contributed by atoms with Crippen LogP contribution in [-0.2, 0) is 15.9 Å². The molecular formula is C23H18O. The van der Waals surface area contributed by atoms with Gasteiger partial charge in [-0.25, -0.2) is 0 Å². The topological polar surface area (TPSA) is 9.23 Å². The maximum Gasteiger partial charge on any atom is 0.123 e. The molecule has 24 heavy (non-hydrogen) atoms. The molecule has 2 fully saturated rings. The van der Waals surface area contributed by atoms with E-state index >= 15 is 0 Å². The van der Waals surface area contributed by atoms with Crippen molar-refractivity contribution >= 4 is 0 Å². The minimum Gasteiger partial charge on any atom is -0.349 e. The number of ether oxygens (including phenoxy) is 1. The average Bonchev–Trinajstić information content (AvgIpc) is 3.36. The third kappa shape index (κ3) is 1.29. The number of hydrogen-bond acceptors (Lipinski definition) is 1. The Hall–Kier alpha value is -2.38.